The molecule has 0 bridgehead atoms. The van der Waals surface area contributed by atoms with Crippen molar-refractivity contribution in [3.63, 3.8) is 0 Å². The molecule has 0 radical (unpaired) electrons. The SMILES string of the molecule is COc1ccccc1CC(N)C1CCCC1C. The van der Waals surface area contributed by atoms with E-state index in [1.165, 1.54) is 24.8 Å². The van der Waals surface area contributed by atoms with Gasteiger partial charge in [0.25, 0.3) is 0 Å². The second kappa shape index (κ2) is 5.54. The van der Waals surface area contributed by atoms with E-state index in [4.69, 9.17) is 10.5 Å². The lowest BCUT2D eigenvalue weighted by Crippen LogP contribution is -2.33. The minimum atomic E-state index is 0.267. The summed E-state index contributed by atoms with van der Waals surface area (Å²) in [5.41, 5.74) is 7.61. The van der Waals surface area contributed by atoms with Crippen molar-refractivity contribution in [2.75, 3.05) is 7.11 Å². The van der Waals surface area contributed by atoms with Crippen LogP contribution < -0.4 is 10.5 Å². The van der Waals surface area contributed by atoms with Crippen molar-refractivity contribution in [1.29, 1.82) is 0 Å². The maximum Gasteiger partial charge on any atom is 0.122 e. The van der Waals surface area contributed by atoms with E-state index in [2.05, 4.69) is 19.1 Å². The Labute approximate surface area is 104 Å². The molecular weight excluding hydrogens is 210 g/mol. The van der Waals surface area contributed by atoms with Crippen molar-refractivity contribution in [3.05, 3.63) is 29.8 Å². The normalized spacial score (nSPS) is 25.8. The first-order valence-corrected chi connectivity index (χ1v) is 6.60. The second-order valence-electron chi connectivity index (χ2n) is 5.25. The van der Waals surface area contributed by atoms with Gasteiger partial charge in [-0.2, -0.15) is 0 Å². The summed E-state index contributed by atoms with van der Waals surface area (Å²) in [5, 5.41) is 0. The third-order valence-corrected chi connectivity index (χ3v) is 4.13. The highest BCUT2D eigenvalue weighted by atomic mass is 16.5. The van der Waals surface area contributed by atoms with Gasteiger partial charge in [-0.15, -0.1) is 0 Å². The molecular formula is C15H23NO. The Hall–Kier alpha value is -1.02. The van der Waals surface area contributed by atoms with Crippen LogP contribution in [0.1, 0.15) is 31.7 Å². The smallest absolute Gasteiger partial charge is 0.122 e. The molecule has 2 N–H and O–H groups in total. The molecule has 2 rings (SSSR count). The van der Waals surface area contributed by atoms with Crippen molar-refractivity contribution in [2.45, 2.75) is 38.6 Å². The van der Waals surface area contributed by atoms with E-state index >= 15 is 0 Å². The van der Waals surface area contributed by atoms with Gasteiger partial charge < -0.3 is 10.5 Å². The fourth-order valence-corrected chi connectivity index (χ4v) is 3.09. The zero-order valence-electron chi connectivity index (χ0n) is 10.9. The summed E-state index contributed by atoms with van der Waals surface area (Å²) >= 11 is 0. The van der Waals surface area contributed by atoms with E-state index in [9.17, 15) is 0 Å². The Bertz CT molecular complexity index is 364. The number of nitrogens with two attached hydrogens (primary N) is 1. The van der Waals surface area contributed by atoms with Crippen LogP contribution >= 0.6 is 0 Å². The molecule has 0 amide bonds. The fraction of sp³-hybridized carbons (Fsp3) is 0.600. The molecule has 0 heterocycles. The molecule has 0 aromatic heterocycles. The second-order valence-corrected chi connectivity index (χ2v) is 5.25. The quantitative estimate of drug-likeness (QED) is 0.867. The number of para-hydroxylation sites is 1. The third-order valence-electron chi connectivity index (χ3n) is 4.13. The van der Waals surface area contributed by atoms with E-state index in [1.54, 1.807) is 7.11 Å². The van der Waals surface area contributed by atoms with Crippen LogP contribution in [0, 0.1) is 11.8 Å². The van der Waals surface area contributed by atoms with Crippen LogP contribution in [0.3, 0.4) is 0 Å². The van der Waals surface area contributed by atoms with Crippen LogP contribution in [0.5, 0.6) is 5.75 Å². The number of methoxy groups -OCH3 is 1. The molecule has 1 saturated carbocycles. The zero-order chi connectivity index (χ0) is 12.3. The maximum absolute atomic E-state index is 6.37. The lowest BCUT2D eigenvalue weighted by molar-refractivity contribution is 0.338. The Balaban J connectivity index is 2.04. The lowest BCUT2D eigenvalue weighted by Gasteiger charge is -2.24. The number of benzene rings is 1. The van der Waals surface area contributed by atoms with Crippen molar-refractivity contribution >= 4 is 0 Å². The summed E-state index contributed by atoms with van der Waals surface area (Å²) < 4.78 is 5.38. The van der Waals surface area contributed by atoms with E-state index in [1.807, 2.05) is 12.1 Å². The van der Waals surface area contributed by atoms with Crippen molar-refractivity contribution in [1.82, 2.24) is 0 Å². The van der Waals surface area contributed by atoms with Crippen molar-refractivity contribution in [3.8, 4) is 5.75 Å². The van der Waals surface area contributed by atoms with Crippen LogP contribution in [0.25, 0.3) is 0 Å². The minimum absolute atomic E-state index is 0.267. The van der Waals surface area contributed by atoms with Crippen LogP contribution in [-0.4, -0.2) is 13.2 Å². The van der Waals surface area contributed by atoms with Gasteiger partial charge in [-0.3, -0.25) is 0 Å². The van der Waals surface area contributed by atoms with Gasteiger partial charge in [-0.1, -0.05) is 38.0 Å². The summed E-state index contributed by atoms with van der Waals surface area (Å²) in [5.74, 6) is 2.42. The summed E-state index contributed by atoms with van der Waals surface area (Å²) in [7, 11) is 1.72. The highest BCUT2D eigenvalue weighted by Gasteiger charge is 2.29. The molecule has 0 saturated heterocycles. The average Bonchev–Trinajstić information content (AvgIpc) is 2.76. The van der Waals surface area contributed by atoms with Gasteiger partial charge in [0, 0.05) is 6.04 Å². The first kappa shape index (κ1) is 12.4. The van der Waals surface area contributed by atoms with Gasteiger partial charge in [0.1, 0.15) is 5.75 Å². The molecule has 1 aromatic carbocycles. The van der Waals surface area contributed by atoms with E-state index in [0.29, 0.717) is 5.92 Å². The highest BCUT2D eigenvalue weighted by Crippen LogP contribution is 2.34. The minimum Gasteiger partial charge on any atom is -0.496 e. The van der Waals surface area contributed by atoms with Crippen molar-refractivity contribution in [2.24, 2.45) is 17.6 Å². The Kier molecular flexibility index (Phi) is 4.06. The molecule has 2 nitrogen and oxygen atoms in total. The average molecular weight is 233 g/mol. The molecule has 2 heteroatoms. The topological polar surface area (TPSA) is 35.2 Å². The largest absolute Gasteiger partial charge is 0.496 e. The number of rotatable bonds is 4. The van der Waals surface area contributed by atoms with Gasteiger partial charge >= 0.3 is 0 Å². The highest BCUT2D eigenvalue weighted by molar-refractivity contribution is 5.33. The standard InChI is InChI=1S/C15H23NO/c1-11-6-5-8-13(11)14(16)10-12-7-3-4-9-15(12)17-2/h3-4,7,9,11,13-14H,5-6,8,10,16H2,1-2H3. The Morgan fingerprint density at radius 1 is 1.35 bits per heavy atom. The number of hydrogen-bond acceptors (Lipinski definition) is 2. The Morgan fingerprint density at radius 2 is 2.12 bits per heavy atom. The molecule has 17 heavy (non-hydrogen) atoms. The van der Waals surface area contributed by atoms with Crippen LogP contribution in [0.4, 0.5) is 0 Å². The fourth-order valence-electron chi connectivity index (χ4n) is 3.09. The van der Waals surface area contributed by atoms with Gasteiger partial charge in [-0.05, 0) is 36.3 Å². The van der Waals surface area contributed by atoms with Crippen LogP contribution in [-0.2, 0) is 6.42 Å². The van der Waals surface area contributed by atoms with Gasteiger partial charge in [-0.25, -0.2) is 0 Å². The summed E-state index contributed by atoms with van der Waals surface area (Å²) in [6, 6.07) is 8.47. The number of hydrogen-bond donors (Lipinski definition) is 1. The number of ether oxygens (including phenoxy) is 1. The third kappa shape index (κ3) is 2.81. The van der Waals surface area contributed by atoms with Gasteiger partial charge in [0.15, 0.2) is 0 Å². The molecule has 1 aromatic rings. The molecule has 94 valence electrons. The first-order valence-electron chi connectivity index (χ1n) is 6.60. The van der Waals surface area contributed by atoms with Crippen LogP contribution in [0.15, 0.2) is 24.3 Å². The molecule has 0 aliphatic heterocycles. The van der Waals surface area contributed by atoms with E-state index in [-0.39, 0.29) is 6.04 Å². The maximum atomic E-state index is 6.37. The first-order chi connectivity index (χ1) is 8.22. The molecule has 1 aliphatic rings. The van der Waals surface area contributed by atoms with Crippen LogP contribution in [0.2, 0.25) is 0 Å². The summed E-state index contributed by atoms with van der Waals surface area (Å²) in [4.78, 5) is 0. The predicted octanol–water partition coefficient (Wildman–Crippen LogP) is 3.00. The van der Waals surface area contributed by atoms with E-state index < -0.39 is 0 Å². The summed E-state index contributed by atoms with van der Waals surface area (Å²) in [6.07, 6.45) is 4.90. The monoisotopic (exact) mass is 233 g/mol. The van der Waals surface area contributed by atoms with E-state index in [0.717, 1.165) is 18.1 Å². The molecule has 1 fully saturated rings. The zero-order valence-corrected chi connectivity index (χ0v) is 10.9. The molecule has 3 unspecified atom stereocenters. The van der Waals surface area contributed by atoms with Crippen molar-refractivity contribution < 1.29 is 4.74 Å². The van der Waals surface area contributed by atoms with Gasteiger partial charge in [0.2, 0.25) is 0 Å². The molecule has 3 atom stereocenters. The van der Waals surface area contributed by atoms with Gasteiger partial charge in [0.05, 0.1) is 7.11 Å². The Morgan fingerprint density at radius 3 is 2.76 bits per heavy atom. The lowest BCUT2D eigenvalue weighted by atomic mass is 9.87. The molecule has 0 spiro atoms. The molecule has 1 aliphatic carbocycles. The predicted molar refractivity (Wildman–Crippen MR) is 71.2 cm³/mol. The summed E-state index contributed by atoms with van der Waals surface area (Å²) in [6.45, 7) is 2.33.